The molecule has 2 aliphatic heterocycles. The number of carbonyl (C=O) groups excluding carboxylic acids is 1. The summed E-state index contributed by atoms with van der Waals surface area (Å²) in [7, 11) is -3.63. The molecule has 2 aliphatic rings. The smallest absolute Gasteiger partial charge is 0.257 e. The summed E-state index contributed by atoms with van der Waals surface area (Å²) in [5, 5.41) is 6.80. The molecule has 1 N–H and O–H groups in total. The lowest BCUT2D eigenvalue weighted by atomic mass is 10.0. The molecule has 2 fully saturated rings. The summed E-state index contributed by atoms with van der Waals surface area (Å²) in [5.41, 5.74) is 0.833. The molecule has 0 atom stereocenters. The van der Waals surface area contributed by atoms with Crippen molar-refractivity contribution < 1.29 is 17.6 Å². The van der Waals surface area contributed by atoms with Crippen molar-refractivity contribution in [3.63, 3.8) is 0 Å². The molecule has 0 aromatic carbocycles. The first kappa shape index (κ1) is 19.2. The molecule has 0 radical (unpaired) electrons. The van der Waals surface area contributed by atoms with E-state index in [0.29, 0.717) is 41.8 Å². The molecule has 9 heteroatoms. The second-order valence-corrected chi connectivity index (χ2v) is 9.68. The van der Waals surface area contributed by atoms with Crippen LogP contribution in [0.4, 0.5) is 0 Å². The third kappa shape index (κ3) is 3.37. The van der Waals surface area contributed by atoms with Crippen molar-refractivity contribution in [2.75, 3.05) is 26.2 Å². The zero-order chi connectivity index (χ0) is 19.9. The monoisotopic (exact) mass is 406 g/mol. The molecule has 8 nitrogen and oxygen atoms in total. The summed E-state index contributed by atoms with van der Waals surface area (Å²) in [6.07, 6.45) is 5.19. The molecule has 0 saturated carbocycles. The number of aryl methyl sites for hydroxylation is 1. The number of aromatic amines is 1. The number of nitrogens with one attached hydrogen (secondary N) is 1. The highest BCUT2D eigenvalue weighted by atomic mass is 32.2. The fourth-order valence-electron chi connectivity index (χ4n) is 3.94. The number of carbonyl (C=O) groups is 1. The summed E-state index contributed by atoms with van der Waals surface area (Å²) < 4.78 is 33.5. The van der Waals surface area contributed by atoms with E-state index < -0.39 is 10.0 Å². The number of H-pyrrole nitrogens is 1. The summed E-state index contributed by atoms with van der Waals surface area (Å²) in [6, 6.07) is 1.51. The highest BCUT2D eigenvalue weighted by molar-refractivity contribution is 7.89. The van der Waals surface area contributed by atoms with E-state index in [0.717, 1.165) is 38.8 Å². The summed E-state index contributed by atoms with van der Waals surface area (Å²) in [4.78, 5) is 14.7. The molecule has 2 saturated heterocycles. The lowest BCUT2D eigenvalue weighted by Crippen LogP contribution is -2.37. The standard InChI is InChI=1S/C19H26N4O4S/c1-13-5-9-23(10-6-13)28(25,26)17-11-16(27-14(17)2)18-15(12-20-21-18)19(24)22-7-3-4-8-22/h11-13H,3-10H2,1-2H3,(H,20,21). The van der Waals surface area contributed by atoms with Crippen molar-refractivity contribution in [3.05, 3.63) is 23.6 Å². The first-order valence-corrected chi connectivity index (χ1v) is 11.3. The van der Waals surface area contributed by atoms with E-state index in [1.807, 2.05) is 0 Å². The average Bonchev–Trinajstić information content (AvgIpc) is 3.41. The van der Waals surface area contributed by atoms with Crippen molar-refractivity contribution in [3.8, 4) is 11.5 Å². The van der Waals surface area contributed by atoms with Crippen LogP contribution in [-0.4, -0.2) is 59.9 Å². The fourth-order valence-corrected chi connectivity index (χ4v) is 5.57. The third-order valence-electron chi connectivity index (χ3n) is 5.74. The molecule has 2 aromatic rings. The molecule has 2 aromatic heterocycles. The molecule has 0 aliphatic carbocycles. The van der Waals surface area contributed by atoms with Gasteiger partial charge in [0.25, 0.3) is 5.91 Å². The highest BCUT2D eigenvalue weighted by Crippen LogP contribution is 2.32. The Balaban J connectivity index is 1.64. The van der Waals surface area contributed by atoms with Crippen LogP contribution in [0, 0.1) is 12.8 Å². The van der Waals surface area contributed by atoms with Crippen LogP contribution in [0.15, 0.2) is 21.6 Å². The Bertz CT molecular complexity index is 964. The highest BCUT2D eigenvalue weighted by Gasteiger charge is 2.32. The fraction of sp³-hybridized carbons (Fsp3) is 0.579. The van der Waals surface area contributed by atoms with Gasteiger partial charge in [-0.3, -0.25) is 9.89 Å². The molecular formula is C19H26N4O4S. The molecule has 4 heterocycles. The number of rotatable bonds is 4. The normalized spacial score (nSPS) is 19.4. The Kier molecular flexibility index (Phi) is 5.05. The minimum Gasteiger partial charge on any atom is -0.458 e. The Morgan fingerprint density at radius 3 is 2.57 bits per heavy atom. The van der Waals surface area contributed by atoms with Gasteiger partial charge in [-0.05, 0) is 38.5 Å². The lowest BCUT2D eigenvalue weighted by Gasteiger charge is -2.29. The van der Waals surface area contributed by atoms with Crippen molar-refractivity contribution >= 4 is 15.9 Å². The maximum atomic E-state index is 13.1. The van der Waals surface area contributed by atoms with Gasteiger partial charge >= 0.3 is 0 Å². The quantitative estimate of drug-likeness (QED) is 0.841. The van der Waals surface area contributed by atoms with Crippen LogP contribution in [-0.2, 0) is 10.0 Å². The van der Waals surface area contributed by atoms with Crippen LogP contribution in [0.25, 0.3) is 11.5 Å². The van der Waals surface area contributed by atoms with Gasteiger partial charge in [-0.2, -0.15) is 9.40 Å². The molecule has 0 spiro atoms. The van der Waals surface area contributed by atoms with Crippen molar-refractivity contribution in [2.45, 2.75) is 44.4 Å². The Morgan fingerprint density at radius 1 is 1.21 bits per heavy atom. The summed E-state index contributed by atoms with van der Waals surface area (Å²) in [6.45, 7) is 6.28. The van der Waals surface area contributed by atoms with Crippen molar-refractivity contribution in [1.82, 2.24) is 19.4 Å². The Hall–Kier alpha value is -2.13. The minimum absolute atomic E-state index is 0.107. The largest absolute Gasteiger partial charge is 0.458 e. The number of nitrogens with zero attached hydrogens (tertiary/aromatic N) is 3. The molecule has 4 rings (SSSR count). The number of likely N-dealkylation sites (tertiary alicyclic amines) is 1. The third-order valence-corrected chi connectivity index (χ3v) is 7.75. The van der Waals surface area contributed by atoms with Crippen LogP contribution in [0.3, 0.4) is 0 Å². The van der Waals surface area contributed by atoms with Crippen LogP contribution < -0.4 is 0 Å². The van der Waals surface area contributed by atoms with Crippen molar-refractivity contribution in [2.24, 2.45) is 5.92 Å². The van der Waals surface area contributed by atoms with Gasteiger partial charge in [0.2, 0.25) is 10.0 Å². The van der Waals surface area contributed by atoms with E-state index >= 15 is 0 Å². The predicted molar refractivity (Wildman–Crippen MR) is 103 cm³/mol. The van der Waals surface area contributed by atoms with Gasteiger partial charge in [-0.1, -0.05) is 6.92 Å². The van der Waals surface area contributed by atoms with E-state index in [1.54, 1.807) is 11.8 Å². The SMILES string of the molecule is Cc1oc(-c2[nH]ncc2C(=O)N2CCCC2)cc1S(=O)(=O)N1CCC(C)CC1. The van der Waals surface area contributed by atoms with Crippen LogP contribution in [0.2, 0.25) is 0 Å². The molecule has 152 valence electrons. The summed E-state index contributed by atoms with van der Waals surface area (Å²) >= 11 is 0. The van der Waals surface area contributed by atoms with Gasteiger partial charge in [0, 0.05) is 32.2 Å². The van der Waals surface area contributed by atoms with Gasteiger partial charge in [0.1, 0.15) is 16.3 Å². The van der Waals surface area contributed by atoms with Crippen LogP contribution in [0.5, 0.6) is 0 Å². The topological polar surface area (TPSA) is 99.5 Å². The zero-order valence-electron chi connectivity index (χ0n) is 16.3. The number of sulfonamides is 1. The molecule has 1 amide bonds. The zero-order valence-corrected chi connectivity index (χ0v) is 17.1. The number of furan rings is 1. The molecular weight excluding hydrogens is 380 g/mol. The summed E-state index contributed by atoms with van der Waals surface area (Å²) in [5.74, 6) is 1.07. The molecule has 0 bridgehead atoms. The van der Waals surface area contributed by atoms with E-state index in [4.69, 9.17) is 4.42 Å². The number of hydrogen-bond donors (Lipinski definition) is 1. The minimum atomic E-state index is -3.63. The van der Waals surface area contributed by atoms with Gasteiger partial charge in [0.15, 0.2) is 5.76 Å². The predicted octanol–water partition coefficient (Wildman–Crippen LogP) is 2.63. The number of amides is 1. The van der Waals surface area contributed by atoms with Crippen LogP contribution >= 0.6 is 0 Å². The van der Waals surface area contributed by atoms with Gasteiger partial charge in [-0.25, -0.2) is 8.42 Å². The maximum Gasteiger partial charge on any atom is 0.257 e. The molecule has 0 unspecified atom stereocenters. The second-order valence-electron chi connectivity index (χ2n) is 7.78. The van der Waals surface area contributed by atoms with Gasteiger partial charge in [0.05, 0.1) is 11.8 Å². The average molecular weight is 407 g/mol. The van der Waals surface area contributed by atoms with E-state index in [9.17, 15) is 13.2 Å². The maximum absolute atomic E-state index is 13.1. The Labute approximate surface area is 164 Å². The van der Waals surface area contributed by atoms with E-state index in [2.05, 4.69) is 17.1 Å². The molecule has 28 heavy (non-hydrogen) atoms. The lowest BCUT2D eigenvalue weighted by molar-refractivity contribution is 0.0793. The van der Waals surface area contributed by atoms with Crippen molar-refractivity contribution in [1.29, 1.82) is 0 Å². The van der Waals surface area contributed by atoms with Crippen LogP contribution in [0.1, 0.15) is 48.7 Å². The Morgan fingerprint density at radius 2 is 1.89 bits per heavy atom. The number of aromatic nitrogens is 2. The van der Waals surface area contributed by atoms with E-state index in [-0.39, 0.29) is 10.8 Å². The van der Waals surface area contributed by atoms with E-state index in [1.165, 1.54) is 16.6 Å². The van der Waals surface area contributed by atoms with Gasteiger partial charge in [-0.15, -0.1) is 0 Å². The number of hydrogen-bond acceptors (Lipinski definition) is 5. The first-order valence-electron chi connectivity index (χ1n) is 9.81. The first-order chi connectivity index (χ1) is 13.4. The van der Waals surface area contributed by atoms with Gasteiger partial charge < -0.3 is 9.32 Å². The second kappa shape index (κ2) is 7.36. The number of piperidine rings is 1.